The number of aliphatic carboxylic acids is 4. The minimum atomic E-state index is -2.31. The molecule has 0 heterocycles. The fourth-order valence-electron chi connectivity index (χ4n) is 2.66. The van der Waals surface area contributed by atoms with Crippen LogP contribution in [-0.4, -0.2) is 283 Å². The first-order chi connectivity index (χ1) is 23.7. The minimum Gasteiger partial charge on any atom is -0.547 e. The van der Waals surface area contributed by atoms with Crippen LogP contribution >= 0.6 is 0 Å². The van der Waals surface area contributed by atoms with Gasteiger partial charge in [-0.2, -0.15) is 0 Å². The van der Waals surface area contributed by atoms with Gasteiger partial charge >= 0.3 is 35.0 Å². The van der Waals surface area contributed by atoms with Crippen LogP contribution in [0.4, 0.5) is 0 Å². The average Bonchev–Trinajstić information content (AvgIpc) is 3.12. The summed E-state index contributed by atoms with van der Waals surface area (Å²) in [6, 6.07) is 0. The minimum absolute atomic E-state index is 0. The zero-order valence-electron chi connectivity index (χ0n) is 27.1. The third-order valence-corrected chi connectivity index (χ3v) is 6.01. The third-order valence-electron chi connectivity index (χ3n) is 6.01. The first-order valence-corrected chi connectivity index (χ1v) is 13.9. The van der Waals surface area contributed by atoms with E-state index in [1.165, 1.54) is 0 Å². The Kier molecular flexibility index (Phi) is 35.3. The zero-order chi connectivity index (χ0) is 42.4. The molecule has 0 spiro atoms. The molecule has 29 heteroatoms. The summed E-state index contributed by atoms with van der Waals surface area (Å²) in [7, 11) is 0. The van der Waals surface area contributed by atoms with Crippen molar-refractivity contribution in [2.75, 3.05) is 26.4 Å². The molecule has 0 aliphatic heterocycles. The summed E-state index contributed by atoms with van der Waals surface area (Å²) in [4.78, 5) is 40.1. The number of aliphatic hydroxyl groups excluding tert-OH is 20. The number of rotatable bonds is 20. The molecule has 0 rings (SSSR count). The van der Waals surface area contributed by atoms with Crippen molar-refractivity contribution in [1.82, 2.24) is 0 Å². The molecule has 22 N–H and O–H groups in total. The molecule has 0 radical (unpaired) electrons. The van der Waals surface area contributed by atoms with Crippen molar-refractivity contribution in [3.8, 4) is 0 Å². The fourth-order valence-corrected chi connectivity index (χ4v) is 2.66. The second-order valence-electron chi connectivity index (χ2n) is 10.0. The molecule has 0 aliphatic carbocycles. The molecular weight excluding hydrogens is 761 g/mol. The van der Waals surface area contributed by atoms with Gasteiger partial charge in [0.1, 0.15) is 85.5 Å². The van der Waals surface area contributed by atoms with E-state index in [0.29, 0.717) is 0 Å². The van der Waals surface area contributed by atoms with Crippen molar-refractivity contribution in [2.45, 2.75) is 97.7 Å². The van der Waals surface area contributed by atoms with Crippen LogP contribution in [0.3, 0.4) is 0 Å². The van der Waals surface area contributed by atoms with Crippen molar-refractivity contribution in [1.29, 1.82) is 0 Å². The van der Waals surface area contributed by atoms with Crippen LogP contribution in [0, 0.1) is 0 Å². The molecule has 0 fully saturated rings. The van der Waals surface area contributed by atoms with Gasteiger partial charge in [0.25, 0.3) is 0 Å². The first-order valence-electron chi connectivity index (χ1n) is 13.9. The van der Waals surface area contributed by atoms with Gasteiger partial charge in [-0.25, -0.2) is 9.59 Å². The summed E-state index contributed by atoms with van der Waals surface area (Å²) in [5.41, 5.74) is 0. The molecule has 28 nitrogen and oxygen atoms in total. The van der Waals surface area contributed by atoms with Gasteiger partial charge in [-0.1, -0.05) is 0 Å². The maximum absolute atomic E-state index is 10.1. The van der Waals surface area contributed by atoms with E-state index < -0.39 is 148 Å². The predicted octanol–water partition coefficient (Wildman–Crippen LogP) is -17.0. The predicted molar refractivity (Wildman–Crippen MR) is 155 cm³/mol. The first kappa shape index (κ1) is 60.1. The average molecular weight is 807 g/mol. The van der Waals surface area contributed by atoms with Crippen molar-refractivity contribution in [2.24, 2.45) is 0 Å². The van der Waals surface area contributed by atoms with E-state index in [0.717, 1.165) is 0 Å². The maximum atomic E-state index is 10.1. The van der Waals surface area contributed by atoms with Crippen LogP contribution in [0.1, 0.15) is 0 Å². The summed E-state index contributed by atoms with van der Waals surface area (Å²) < 4.78 is 0. The van der Waals surface area contributed by atoms with E-state index in [9.17, 15) is 29.4 Å². The number of hydrogen-bond donors (Lipinski definition) is 22. The van der Waals surface area contributed by atoms with Gasteiger partial charge in [-0.3, -0.25) is 0 Å². The van der Waals surface area contributed by atoms with Crippen LogP contribution in [0.15, 0.2) is 0 Å². The summed E-state index contributed by atoms with van der Waals surface area (Å²) in [5, 5.41) is 211. The van der Waals surface area contributed by atoms with Crippen LogP contribution in [0.5, 0.6) is 0 Å². The number of carboxylic acid groups (broad SMARTS) is 4. The molecule has 0 aromatic carbocycles. The van der Waals surface area contributed by atoms with Gasteiger partial charge in [0.05, 0.1) is 38.4 Å². The molecule has 0 aromatic heterocycles. The van der Waals surface area contributed by atoms with E-state index in [1.807, 2.05) is 0 Å². The monoisotopic (exact) mass is 806 g/mol. The van der Waals surface area contributed by atoms with E-state index in [-0.39, 0.29) is 23.1 Å². The van der Waals surface area contributed by atoms with Crippen molar-refractivity contribution in [3.63, 3.8) is 0 Å². The fraction of sp³-hybridized carbons (Fsp3) is 0.833. The Labute approximate surface area is 312 Å². The Balaban J connectivity index is -0.000000192. The number of carbonyl (C=O) groups is 4. The van der Waals surface area contributed by atoms with Crippen molar-refractivity contribution in [3.05, 3.63) is 0 Å². The second kappa shape index (κ2) is 31.1. The Morgan fingerprint density at radius 1 is 0.340 bits per heavy atom. The topological polar surface area (TPSA) is 559 Å². The van der Waals surface area contributed by atoms with Gasteiger partial charge in [0, 0.05) is 0 Å². The van der Waals surface area contributed by atoms with Crippen LogP contribution in [-0.2, 0) is 19.2 Å². The molecule has 0 amide bonds. The standard InChI is InChI=1S/4C6H12O7.Mg/c4*7-1-2(8)3(9)4(10)5(11)6(12)13;/h4*2-5,7-11H,1H2,(H,12,13);/q;;;;+2/p-2/t4*2-,3-,4+,5-;/m1111./s1. The van der Waals surface area contributed by atoms with E-state index in [1.54, 1.807) is 0 Å². The molecule has 53 heavy (non-hydrogen) atoms. The molecule has 0 saturated carbocycles. The number of aliphatic hydroxyl groups is 20. The van der Waals surface area contributed by atoms with Gasteiger partial charge in [-0.05, 0) is 0 Å². The number of carboxylic acids is 4. The Morgan fingerprint density at radius 2 is 0.491 bits per heavy atom. The normalized spacial score (nSPS) is 20.0. The van der Waals surface area contributed by atoms with Gasteiger partial charge in [0.15, 0.2) is 12.2 Å². The van der Waals surface area contributed by atoms with Crippen LogP contribution < -0.4 is 10.2 Å². The number of hydrogen-bond acceptors (Lipinski definition) is 26. The van der Waals surface area contributed by atoms with E-state index in [4.69, 9.17) is 112 Å². The van der Waals surface area contributed by atoms with Crippen LogP contribution in [0.2, 0.25) is 0 Å². The Bertz CT molecular complexity index is 841. The molecule has 0 aromatic rings. The molecule has 0 unspecified atom stereocenters. The van der Waals surface area contributed by atoms with E-state index in [2.05, 4.69) is 0 Å². The number of carbonyl (C=O) groups excluding carboxylic acids is 2. The Hall–Kier alpha value is -2.15. The quantitative estimate of drug-likeness (QED) is 0.0508. The SMILES string of the molecule is O=C(O)[C@H](O)[C@@H](O)[C@H](O)[C@H](O)CO.O=C(O)[C@H](O)[C@@H](O)[C@H](O)[C@H](O)CO.O=C([O-])[C@H](O)[C@@H](O)[C@H](O)[C@H](O)CO.O=C([O-])[C@H](O)[C@@H](O)[C@H](O)[C@H](O)CO.[Mg+2]. The van der Waals surface area contributed by atoms with E-state index >= 15 is 0 Å². The third kappa shape index (κ3) is 23.4. The van der Waals surface area contributed by atoms with Gasteiger partial charge < -0.3 is 132 Å². The van der Waals surface area contributed by atoms with Gasteiger partial charge in [-0.15, -0.1) is 0 Å². The molecule has 16 atom stereocenters. The summed E-state index contributed by atoms with van der Waals surface area (Å²) >= 11 is 0. The summed E-state index contributed by atoms with van der Waals surface area (Å²) in [6.07, 6.45) is -31.8. The Morgan fingerprint density at radius 3 is 0.604 bits per heavy atom. The van der Waals surface area contributed by atoms with Crippen LogP contribution in [0.25, 0.3) is 0 Å². The molecular formula is C24H46MgO28. The van der Waals surface area contributed by atoms with Gasteiger partial charge in [0.2, 0.25) is 0 Å². The summed E-state index contributed by atoms with van der Waals surface area (Å²) in [6.45, 7) is -3.41. The van der Waals surface area contributed by atoms with Crippen molar-refractivity contribution < 1.29 is 142 Å². The summed E-state index contributed by atoms with van der Waals surface area (Å²) in [5.74, 6) is -7.40. The molecule has 0 saturated heterocycles. The smallest absolute Gasteiger partial charge is 0.547 e. The zero-order valence-corrected chi connectivity index (χ0v) is 28.5. The molecule has 0 aliphatic rings. The maximum Gasteiger partial charge on any atom is 2.00 e. The molecule has 0 bridgehead atoms. The van der Waals surface area contributed by atoms with Crippen molar-refractivity contribution >= 4 is 46.9 Å². The largest absolute Gasteiger partial charge is 2.00 e. The molecule has 312 valence electrons. The second-order valence-corrected chi connectivity index (χ2v) is 10.0.